The molecule has 2 N–H and O–H groups in total. The SMILES string of the molecule is Clc1ccc2c(c1)C(NCc1ccn[nH]1)CCS2. The Labute approximate surface area is 115 Å². The molecular weight excluding hydrogens is 266 g/mol. The highest BCUT2D eigenvalue weighted by molar-refractivity contribution is 7.99. The number of hydrogen-bond acceptors (Lipinski definition) is 3. The summed E-state index contributed by atoms with van der Waals surface area (Å²) in [5.41, 5.74) is 2.43. The predicted molar refractivity (Wildman–Crippen MR) is 75.0 cm³/mol. The van der Waals surface area contributed by atoms with Crippen LogP contribution in [0.3, 0.4) is 0 Å². The molecule has 2 aromatic rings. The van der Waals surface area contributed by atoms with Gasteiger partial charge in [-0.05, 0) is 42.0 Å². The topological polar surface area (TPSA) is 40.7 Å². The standard InChI is InChI=1S/C13H14ClN3S/c14-9-1-2-13-11(7-9)12(4-6-18-13)15-8-10-3-5-16-17-10/h1-3,5,7,12,15H,4,6,8H2,(H,16,17). The Hall–Kier alpha value is -0.970. The van der Waals surface area contributed by atoms with Gasteiger partial charge in [0, 0.05) is 34.4 Å². The monoisotopic (exact) mass is 279 g/mol. The molecule has 1 unspecified atom stereocenters. The van der Waals surface area contributed by atoms with E-state index in [9.17, 15) is 0 Å². The van der Waals surface area contributed by atoms with Crippen molar-refractivity contribution < 1.29 is 0 Å². The Morgan fingerprint density at radius 2 is 2.39 bits per heavy atom. The summed E-state index contributed by atoms with van der Waals surface area (Å²) in [4.78, 5) is 1.34. The van der Waals surface area contributed by atoms with E-state index < -0.39 is 0 Å². The quantitative estimate of drug-likeness (QED) is 0.905. The number of halogens is 1. The highest BCUT2D eigenvalue weighted by Crippen LogP contribution is 2.37. The van der Waals surface area contributed by atoms with Gasteiger partial charge in [-0.3, -0.25) is 5.10 Å². The minimum atomic E-state index is 0.378. The van der Waals surface area contributed by atoms with Crippen molar-refractivity contribution in [2.45, 2.75) is 23.9 Å². The molecule has 2 heterocycles. The van der Waals surface area contributed by atoms with Gasteiger partial charge in [-0.1, -0.05) is 11.6 Å². The van der Waals surface area contributed by atoms with Gasteiger partial charge in [0.25, 0.3) is 0 Å². The normalized spacial score (nSPS) is 18.6. The number of nitrogens with one attached hydrogen (secondary N) is 2. The van der Waals surface area contributed by atoms with E-state index in [4.69, 9.17) is 11.6 Å². The van der Waals surface area contributed by atoms with E-state index in [1.807, 2.05) is 23.9 Å². The van der Waals surface area contributed by atoms with Crippen molar-refractivity contribution in [1.29, 1.82) is 0 Å². The highest BCUT2D eigenvalue weighted by atomic mass is 35.5. The molecule has 1 aromatic carbocycles. The number of rotatable bonds is 3. The second-order valence-electron chi connectivity index (χ2n) is 4.33. The molecule has 3 nitrogen and oxygen atoms in total. The van der Waals surface area contributed by atoms with Crippen LogP contribution in [0.2, 0.25) is 5.02 Å². The van der Waals surface area contributed by atoms with Crippen molar-refractivity contribution in [2.24, 2.45) is 0 Å². The van der Waals surface area contributed by atoms with E-state index in [1.165, 1.54) is 10.5 Å². The van der Waals surface area contributed by atoms with Gasteiger partial charge in [-0.25, -0.2) is 0 Å². The van der Waals surface area contributed by atoms with Crippen LogP contribution in [-0.2, 0) is 6.54 Å². The lowest BCUT2D eigenvalue weighted by Crippen LogP contribution is -2.24. The van der Waals surface area contributed by atoms with Crippen molar-refractivity contribution in [3.8, 4) is 0 Å². The summed E-state index contributed by atoms with van der Waals surface area (Å²) in [5.74, 6) is 1.15. The van der Waals surface area contributed by atoms with Crippen LogP contribution >= 0.6 is 23.4 Å². The van der Waals surface area contributed by atoms with Crippen molar-refractivity contribution in [1.82, 2.24) is 15.5 Å². The molecule has 1 aliphatic rings. The molecule has 1 aromatic heterocycles. The number of aromatic amines is 1. The summed E-state index contributed by atoms with van der Waals surface area (Å²) in [6, 6.07) is 8.52. The van der Waals surface area contributed by atoms with Crippen LogP contribution in [0.15, 0.2) is 35.4 Å². The third-order valence-electron chi connectivity index (χ3n) is 3.11. The fourth-order valence-corrected chi connectivity index (χ4v) is 3.48. The van der Waals surface area contributed by atoms with Crippen molar-refractivity contribution >= 4 is 23.4 Å². The van der Waals surface area contributed by atoms with Gasteiger partial charge in [0.2, 0.25) is 0 Å². The Morgan fingerprint density at radius 1 is 1.44 bits per heavy atom. The van der Waals surface area contributed by atoms with Gasteiger partial charge >= 0.3 is 0 Å². The average molecular weight is 280 g/mol. The maximum atomic E-state index is 6.09. The molecule has 1 aliphatic heterocycles. The first kappa shape index (κ1) is 12.1. The zero-order chi connectivity index (χ0) is 12.4. The average Bonchev–Trinajstić information content (AvgIpc) is 2.89. The molecule has 0 saturated heterocycles. The van der Waals surface area contributed by atoms with Crippen LogP contribution in [0.1, 0.15) is 23.7 Å². The first-order valence-electron chi connectivity index (χ1n) is 5.97. The summed E-state index contributed by atoms with van der Waals surface area (Å²) < 4.78 is 0. The number of aromatic nitrogens is 2. The third kappa shape index (κ3) is 2.55. The highest BCUT2D eigenvalue weighted by Gasteiger charge is 2.20. The molecular formula is C13H14ClN3S. The molecule has 0 saturated carbocycles. The van der Waals surface area contributed by atoms with Crippen LogP contribution < -0.4 is 5.32 Å². The maximum Gasteiger partial charge on any atom is 0.0490 e. The summed E-state index contributed by atoms with van der Waals surface area (Å²) >= 11 is 7.99. The number of benzene rings is 1. The Balaban J connectivity index is 1.76. The lowest BCUT2D eigenvalue weighted by atomic mass is 10.0. The molecule has 0 amide bonds. The van der Waals surface area contributed by atoms with Crippen molar-refractivity contribution in [3.05, 3.63) is 46.7 Å². The van der Waals surface area contributed by atoms with Gasteiger partial charge in [-0.15, -0.1) is 11.8 Å². The van der Waals surface area contributed by atoms with Crippen LogP contribution in [0, 0.1) is 0 Å². The minimum Gasteiger partial charge on any atom is -0.304 e. The number of H-pyrrole nitrogens is 1. The second kappa shape index (κ2) is 5.34. The largest absolute Gasteiger partial charge is 0.304 e. The first-order valence-corrected chi connectivity index (χ1v) is 7.33. The minimum absolute atomic E-state index is 0.378. The lowest BCUT2D eigenvalue weighted by molar-refractivity contribution is 0.505. The van der Waals surface area contributed by atoms with E-state index in [0.717, 1.165) is 29.4 Å². The molecule has 0 fully saturated rings. The van der Waals surface area contributed by atoms with Crippen molar-refractivity contribution in [2.75, 3.05) is 5.75 Å². The number of thioether (sulfide) groups is 1. The number of nitrogens with zero attached hydrogens (tertiary/aromatic N) is 1. The summed E-state index contributed by atoms with van der Waals surface area (Å²) in [6.45, 7) is 0.807. The summed E-state index contributed by atoms with van der Waals surface area (Å²) in [5, 5.41) is 11.3. The number of hydrogen-bond donors (Lipinski definition) is 2. The van der Waals surface area contributed by atoms with Crippen LogP contribution in [0.25, 0.3) is 0 Å². The molecule has 3 rings (SSSR count). The molecule has 0 aliphatic carbocycles. The summed E-state index contributed by atoms with van der Waals surface area (Å²) in [7, 11) is 0. The van der Waals surface area contributed by atoms with E-state index in [1.54, 1.807) is 6.20 Å². The van der Waals surface area contributed by atoms with Gasteiger partial charge in [0.15, 0.2) is 0 Å². The zero-order valence-electron chi connectivity index (χ0n) is 9.82. The fourth-order valence-electron chi connectivity index (χ4n) is 2.19. The molecule has 0 radical (unpaired) electrons. The molecule has 5 heteroatoms. The number of fused-ring (bicyclic) bond motifs is 1. The second-order valence-corrected chi connectivity index (χ2v) is 5.91. The maximum absolute atomic E-state index is 6.09. The van der Waals surface area contributed by atoms with Crippen LogP contribution in [-0.4, -0.2) is 16.0 Å². The Bertz CT molecular complexity index is 527. The predicted octanol–water partition coefficient (Wildman–Crippen LogP) is 3.39. The molecule has 94 valence electrons. The smallest absolute Gasteiger partial charge is 0.0490 e. The van der Waals surface area contributed by atoms with Gasteiger partial charge < -0.3 is 5.32 Å². The molecule has 0 spiro atoms. The lowest BCUT2D eigenvalue weighted by Gasteiger charge is -2.26. The van der Waals surface area contributed by atoms with Crippen LogP contribution in [0.5, 0.6) is 0 Å². The molecule has 1 atom stereocenters. The summed E-state index contributed by atoms with van der Waals surface area (Å²) in [6.07, 6.45) is 2.91. The zero-order valence-corrected chi connectivity index (χ0v) is 11.4. The van der Waals surface area contributed by atoms with Crippen molar-refractivity contribution in [3.63, 3.8) is 0 Å². The molecule has 0 bridgehead atoms. The van der Waals surface area contributed by atoms with Gasteiger partial charge in [0.1, 0.15) is 0 Å². The van der Waals surface area contributed by atoms with Gasteiger partial charge in [0.05, 0.1) is 0 Å². The van der Waals surface area contributed by atoms with E-state index in [-0.39, 0.29) is 0 Å². The Morgan fingerprint density at radius 3 is 3.22 bits per heavy atom. The Kier molecular flexibility index (Phi) is 3.59. The fraction of sp³-hybridized carbons (Fsp3) is 0.308. The van der Waals surface area contributed by atoms with E-state index in [0.29, 0.717) is 6.04 Å². The van der Waals surface area contributed by atoms with E-state index in [2.05, 4.69) is 27.6 Å². The third-order valence-corrected chi connectivity index (χ3v) is 4.47. The van der Waals surface area contributed by atoms with E-state index >= 15 is 0 Å². The first-order chi connectivity index (χ1) is 8.83. The van der Waals surface area contributed by atoms with Gasteiger partial charge in [-0.2, -0.15) is 5.10 Å². The molecule has 18 heavy (non-hydrogen) atoms. The van der Waals surface area contributed by atoms with Crippen LogP contribution in [0.4, 0.5) is 0 Å².